The Kier molecular flexibility index (Phi) is 9.43. The average molecular weight is 637 g/mol. The van der Waals surface area contributed by atoms with Gasteiger partial charge in [-0.05, 0) is 102 Å². The van der Waals surface area contributed by atoms with Crippen molar-refractivity contribution in [3.63, 3.8) is 0 Å². The minimum atomic E-state index is -0.725. The van der Waals surface area contributed by atoms with Crippen LogP contribution in [0.5, 0.6) is 5.75 Å². The molecular weight excluding hydrogens is 592 g/mol. The summed E-state index contributed by atoms with van der Waals surface area (Å²) in [5, 5.41) is 14.9. The predicted octanol–water partition coefficient (Wildman–Crippen LogP) is 6.20. The number of aromatic nitrogens is 1. The number of hydrogen-bond donors (Lipinski definition) is 2. The fourth-order valence-corrected chi connectivity index (χ4v) is 7.07. The SMILES string of the molecule is CC(C)(C)OC(=O)n1c(-c2cc(OCC(O)CN3CCCCC3)c(Cl)c3c2C(=O)NC3)cc2cc(CN3CCCCC3)ccc21. The van der Waals surface area contributed by atoms with E-state index in [9.17, 15) is 14.7 Å². The van der Waals surface area contributed by atoms with Gasteiger partial charge in [-0.3, -0.25) is 9.69 Å². The largest absolute Gasteiger partial charge is 0.489 e. The fourth-order valence-electron chi connectivity index (χ4n) is 6.80. The molecule has 1 amide bonds. The number of benzene rings is 2. The molecule has 0 saturated carbocycles. The van der Waals surface area contributed by atoms with Gasteiger partial charge in [0.2, 0.25) is 0 Å². The van der Waals surface area contributed by atoms with E-state index in [0.29, 0.717) is 45.2 Å². The highest BCUT2D eigenvalue weighted by molar-refractivity contribution is 6.34. The number of halogens is 1. The molecule has 0 spiro atoms. The Hall–Kier alpha value is -3.11. The number of β-amino-alcohol motifs (C(OH)–C–C–N with tert-alkyl or cyclic N) is 1. The maximum absolute atomic E-state index is 13.8. The Morgan fingerprint density at radius 2 is 1.69 bits per heavy atom. The van der Waals surface area contributed by atoms with Crippen LogP contribution in [0.2, 0.25) is 5.02 Å². The molecule has 1 atom stereocenters. The lowest BCUT2D eigenvalue weighted by molar-refractivity contribution is 0.0546. The first-order valence-electron chi connectivity index (χ1n) is 16.3. The van der Waals surface area contributed by atoms with Crippen molar-refractivity contribution in [1.82, 2.24) is 19.7 Å². The first-order chi connectivity index (χ1) is 21.6. The number of carbonyl (C=O) groups is 2. The van der Waals surface area contributed by atoms with Crippen LogP contribution in [0.25, 0.3) is 22.2 Å². The molecule has 9 nitrogen and oxygen atoms in total. The number of hydrogen-bond acceptors (Lipinski definition) is 7. The zero-order chi connectivity index (χ0) is 31.7. The van der Waals surface area contributed by atoms with Gasteiger partial charge in [-0.2, -0.15) is 0 Å². The maximum Gasteiger partial charge on any atom is 0.419 e. The van der Waals surface area contributed by atoms with E-state index in [1.54, 1.807) is 10.6 Å². The summed E-state index contributed by atoms with van der Waals surface area (Å²) in [6, 6.07) is 9.83. The van der Waals surface area contributed by atoms with Crippen LogP contribution >= 0.6 is 11.6 Å². The van der Waals surface area contributed by atoms with E-state index in [2.05, 4.69) is 27.2 Å². The highest BCUT2D eigenvalue weighted by atomic mass is 35.5. The molecule has 45 heavy (non-hydrogen) atoms. The second-order valence-corrected chi connectivity index (χ2v) is 14.1. The van der Waals surface area contributed by atoms with E-state index < -0.39 is 17.8 Å². The predicted molar refractivity (Wildman–Crippen MR) is 176 cm³/mol. The summed E-state index contributed by atoms with van der Waals surface area (Å²) in [4.78, 5) is 31.8. The molecule has 0 radical (unpaired) electrons. The van der Waals surface area contributed by atoms with Crippen molar-refractivity contribution in [2.45, 2.75) is 84.1 Å². The van der Waals surface area contributed by atoms with E-state index >= 15 is 0 Å². The number of amides is 1. The van der Waals surface area contributed by atoms with E-state index in [1.165, 1.54) is 31.2 Å². The summed E-state index contributed by atoms with van der Waals surface area (Å²) in [5.74, 6) is 0.108. The van der Waals surface area contributed by atoms with Crippen LogP contribution < -0.4 is 10.1 Å². The van der Waals surface area contributed by atoms with Gasteiger partial charge in [0.15, 0.2) is 0 Å². The molecule has 3 aliphatic rings. The van der Waals surface area contributed by atoms with Crippen molar-refractivity contribution in [2.24, 2.45) is 0 Å². The summed E-state index contributed by atoms with van der Waals surface area (Å²) < 4.78 is 13.6. The minimum Gasteiger partial charge on any atom is -0.489 e. The van der Waals surface area contributed by atoms with Crippen LogP contribution in [-0.2, 0) is 17.8 Å². The molecule has 10 heteroatoms. The lowest BCUT2D eigenvalue weighted by Crippen LogP contribution is -2.38. The van der Waals surface area contributed by atoms with Gasteiger partial charge < -0.3 is 24.8 Å². The third-order valence-electron chi connectivity index (χ3n) is 8.90. The van der Waals surface area contributed by atoms with Gasteiger partial charge in [0, 0.05) is 36.1 Å². The van der Waals surface area contributed by atoms with Gasteiger partial charge >= 0.3 is 6.09 Å². The highest BCUT2D eigenvalue weighted by Crippen LogP contribution is 2.42. The number of aliphatic hydroxyl groups excluding tert-OH is 1. The van der Waals surface area contributed by atoms with E-state index in [-0.39, 0.29) is 19.1 Å². The molecular formula is C35H45ClN4O5. The summed E-state index contributed by atoms with van der Waals surface area (Å²) >= 11 is 6.82. The Labute approximate surface area is 270 Å². The Balaban J connectivity index is 1.39. The molecule has 1 unspecified atom stereocenters. The van der Waals surface area contributed by atoms with Crippen LogP contribution in [0.4, 0.5) is 4.79 Å². The number of nitrogens with one attached hydrogen (secondary N) is 1. The van der Waals surface area contributed by atoms with Crippen molar-refractivity contribution >= 4 is 34.5 Å². The summed E-state index contributed by atoms with van der Waals surface area (Å²) in [6.07, 6.45) is 5.98. The quantitative estimate of drug-likeness (QED) is 0.304. The maximum atomic E-state index is 13.8. The Morgan fingerprint density at radius 1 is 1.00 bits per heavy atom. The first kappa shape index (κ1) is 31.9. The van der Waals surface area contributed by atoms with Gasteiger partial charge in [-0.15, -0.1) is 0 Å². The zero-order valence-corrected chi connectivity index (χ0v) is 27.4. The Morgan fingerprint density at radius 3 is 2.38 bits per heavy atom. The molecule has 3 aromatic rings. The highest BCUT2D eigenvalue weighted by Gasteiger charge is 2.32. The third-order valence-corrected chi connectivity index (χ3v) is 9.32. The van der Waals surface area contributed by atoms with Gasteiger partial charge in [-0.25, -0.2) is 9.36 Å². The number of fused-ring (bicyclic) bond motifs is 2. The molecule has 2 saturated heterocycles. The number of carbonyl (C=O) groups excluding carboxylic acids is 2. The second kappa shape index (κ2) is 13.3. The van der Waals surface area contributed by atoms with Gasteiger partial charge in [0.25, 0.3) is 5.91 Å². The number of rotatable bonds is 8. The van der Waals surface area contributed by atoms with Crippen molar-refractivity contribution in [3.8, 4) is 17.0 Å². The molecule has 3 aliphatic heterocycles. The molecule has 242 valence electrons. The van der Waals surface area contributed by atoms with Crippen molar-refractivity contribution < 1.29 is 24.2 Å². The van der Waals surface area contributed by atoms with Crippen molar-refractivity contribution in [1.29, 1.82) is 0 Å². The molecule has 2 N–H and O–H groups in total. The lowest BCUT2D eigenvalue weighted by Gasteiger charge is -2.28. The monoisotopic (exact) mass is 636 g/mol. The van der Waals surface area contributed by atoms with Crippen LogP contribution in [0.15, 0.2) is 30.3 Å². The molecule has 2 aromatic carbocycles. The Bertz CT molecular complexity index is 1570. The normalized spacial score (nSPS) is 18.6. The molecule has 2 fully saturated rings. The van der Waals surface area contributed by atoms with Gasteiger partial charge in [0.1, 0.15) is 24.1 Å². The number of piperidine rings is 2. The van der Waals surface area contributed by atoms with E-state index in [4.69, 9.17) is 21.1 Å². The van der Waals surface area contributed by atoms with Crippen molar-refractivity contribution in [2.75, 3.05) is 39.3 Å². The van der Waals surface area contributed by atoms with E-state index in [0.717, 1.165) is 51.0 Å². The van der Waals surface area contributed by atoms with Crippen LogP contribution in [0, 0.1) is 0 Å². The topological polar surface area (TPSA) is 96.3 Å². The molecule has 0 aliphatic carbocycles. The van der Waals surface area contributed by atoms with Crippen LogP contribution in [-0.4, -0.2) is 82.5 Å². The lowest BCUT2D eigenvalue weighted by atomic mass is 9.99. The summed E-state index contributed by atoms with van der Waals surface area (Å²) in [6.45, 7) is 11.3. The molecule has 4 heterocycles. The second-order valence-electron chi connectivity index (χ2n) is 13.7. The number of likely N-dealkylation sites (tertiary alicyclic amines) is 2. The van der Waals surface area contributed by atoms with Crippen LogP contribution in [0.1, 0.15) is 80.8 Å². The molecule has 6 rings (SSSR count). The summed E-state index contributed by atoms with van der Waals surface area (Å²) in [7, 11) is 0. The number of nitrogens with zero attached hydrogens (tertiary/aromatic N) is 3. The van der Waals surface area contributed by atoms with Crippen molar-refractivity contribution in [3.05, 3.63) is 52.0 Å². The average Bonchev–Trinajstić information content (AvgIpc) is 3.58. The van der Waals surface area contributed by atoms with Gasteiger partial charge in [0.05, 0.1) is 21.8 Å². The smallest absolute Gasteiger partial charge is 0.419 e. The standard InChI is InChI=1S/C35H45ClN4O5/c1-35(2,3)45-34(43)40-28-11-10-23(20-38-12-6-4-7-13-38)16-24(28)17-29(40)26-18-30(32(36)27-19-37-33(42)31(26)27)44-22-25(41)21-39-14-8-5-9-15-39/h10-11,16-18,25,41H,4-9,12-15,19-22H2,1-3H3,(H,37,42). The fraction of sp³-hybridized carbons (Fsp3) is 0.543. The zero-order valence-electron chi connectivity index (χ0n) is 26.7. The van der Waals surface area contributed by atoms with Gasteiger partial charge in [-0.1, -0.05) is 30.5 Å². The molecule has 1 aromatic heterocycles. The third kappa shape index (κ3) is 7.17. The summed E-state index contributed by atoms with van der Waals surface area (Å²) in [5.41, 5.74) is 3.24. The van der Waals surface area contributed by atoms with E-state index in [1.807, 2.05) is 32.9 Å². The first-order valence-corrected chi connectivity index (χ1v) is 16.7. The van der Waals surface area contributed by atoms with Crippen LogP contribution in [0.3, 0.4) is 0 Å². The number of aliphatic hydroxyl groups is 1. The molecule has 0 bridgehead atoms. The minimum absolute atomic E-state index is 0.0603. The number of ether oxygens (including phenoxy) is 2.